The first-order valence-corrected chi connectivity index (χ1v) is 8.10. The predicted octanol–water partition coefficient (Wildman–Crippen LogP) is 3.28. The molecule has 2 aromatic carbocycles. The van der Waals surface area contributed by atoms with Crippen LogP contribution in [-0.4, -0.2) is 23.8 Å². The number of methoxy groups -OCH3 is 1. The third kappa shape index (κ3) is 3.19. The zero-order valence-electron chi connectivity index (χ0n) is 13.0. The molecule has 0 atom stereocenters. The second-order valence-corrected chi connectivity index (χ2v) is 6.02. The van der Waals surface area contributed by atoms with Gasteiger partial charge in [0, 0.05) is 5.69 Å². The van der Waals surface area contributed by atoms with Gasteiger partial charge in [0.05, 0.1) is 13.7 Å². The summed E-state index contributed by atoms with van der Waals surface area (Å²) in [6.45, 7) is 0.205. The summed E-state index contributed by atoms with van der Waals surface area (Å²) in [5.41, 5.74) is 1.84. The van der Waals surface area contributed by atoms with Gasteiger partial charge in [-0.1, -0.05) is 30.3 Å². The van der Waals surface area contributed by atoms with Crippen LogP contribution in [0.15, 0.2) is 64.8 Å². The number of halogens is 1. The standard InChI is InChI=1S/C18H15BrN2O3/c1-24-14-9-7-12(8-10-14)11-21-17(22)15(19)16(18(21)23)20-13-5-3-2-4-6-13/h2-10,20H,11H2,1H3. The van der Waals surface area contributed by atoms with E-state index in [1.165, 1.54) is 4.90 Å². The molecule has 1 aliphatic heterocycles. The molecule has 0 aliphatic carbocycles. The molecule has 2 aromatic rings. The molecule has 24 heavy (non-hydrogen) atoms. The molecule has 1 N–H and O–H groups in total. The molecule has 1 aliphatic rings. The van der Waals surface area contributed by atoms with Crippen LogP contribution in [0.5, 0.6) is 5.75 Å². The minimum atomic E-state index is -0.355. The number of hydrogen-bond acceptors (Lipinski definition) is 4. The van der Waals surface area contributed by atoms with E-state index < -0.39 is 0 Å². The Morgan fingerprint density at radius 3 is 2.29 bits per heavy atom. The van der Waals surface area contributed by atoms with Crippen LogP contribution in [0.4, 0.5) is 5.69 Å². The highest BCUT2D eigenvalue weighted by atomic mass is 79.9. The van der Waals surface area contributed by atoms with E-state index in [2.05, 4.69) is 21.2 Å². The minimum Gasteiger partial charge on any atom is -0.497 e. The van der Waals surface area contributed by atoms with E-state index in [0.717, 1.165) is 17.0 Å². The number of anilines is 1. The van der Waals surface area contributed by atoms with Crippen molar-refractivity contribution in [2.45, 2.75) is 6.54 Å². The van der Waals surface area contributed by atoms with E-state index in [1.807, 2.05) is 42.5 Å². The second kappa shape index (κ2) is 6.88. The fourth-order valence-electron chi connectivity index (χ4n) is 2.38. The SMILES string of the molecule is COc1ccc(CN2C(=O)C(Br)=C(Nc3ccccc3)C2=O)cc1. The maximum absolute atomic E-state index is 12.6. The Balaban J connectivity index is 1.77. The highest BCUT2D eigenvalue weighted by Gasteiger charge is 2.37. The van der Waals surface area contributed by atoms with E-state index in [-0.39, 0.29) is 28.5 Å². The van der Waals surface area contributed by atoms with E-state index in [9.17, 15) is 9.59 Å². The average molecular weight is 387 g/mol. The van der Waals surface area contributed by atoms with Gasteiger partial charge in [-0.05, 0) is 45.8 Å². The number of imide groups is 1. The number of nitrogens with one attached hydrogen (secondary N) is 1. The van der Waals surface area contributed by atoms with Crippen LogP contribution in [0.1, 0.15) is 5.56 Å². The number of ether oxygens (including phenoxy) is 1. The van der Waals surface area contributed by atoms with Gasteiger partial charge in [-0.2, -0.15) is 0 Å². The largest absolute Gasteiger partial charge is 0.497 e. The number of carbonyl (C=O) groups excluding carboxylic acids is 2. The first-order chi connectivity index (χ1) is 11.6. The lowest BCUT2D eigenvalue weighted by Crippen LogP contribution is -2.31. The summed E-state index contributed by atoms with van der Waals surface area (Å²) < 4.78 is 5.35. The number of benzene rings is 2. The van der Waals surface area contributed by atoms with Crippen molar-refractivity contribution in [1.82, 2.24) is 4.90 Å². The van der Waals surface area contributed by atoms with Gasteiger partial charge >= 0.3 is 0 Å². The van der Waals surface area contributed by atoms with Crippen molar-refractivity contribution in [1.29, 1.82) is 0 Å². The van der Waals surface area contributed by atoms with Crippen molar-refractivity contribution in [2.24, 2.45) is 0 Å². The molecule has 0 bridgehead atoms. The van der Waals surface area contributed by atoms with Crippen LogP contribution >= 0.6 is 15.9 Å². The van der Waals surface area contributed by atoms with E-state index in [0.29, 0.717) is 0 Å². The predicted molar refractivity (Wildman–Crippen MR) is 94.6 cm³/mol. The van der Waals surface area contributed by atoms with E-state index in [4.69, 9.17) is 4.74 Å². The normalized spacial score (nSPS) is 14.3. The molecular weight excluding hydrogens is 372 g/mol. The topological polar surface area (TPSA) is 58.6 Å². The van der Waals surface area contributed by atoms with Gasteiger partial charge in [-0.3, -0.25) is 14.5 Å². The van der Waals surface area contributed by atoms with Crippen LogP contribution in [0.3, 0.4) is 0 Å². The van der Waals surface area contributed by atoms with Crippen molar-refractivity contribution in [2.75, 3.05) is 12.4 Å². The van der Waals surface area contributed by atoms with Crippen LogP contribution in [0.25, 0.3) is 0 Å². The molecule has 2 amide bonds. The number of rotatable bonds is 5. The number of para-hydroxylation sites is 1. The summed E-state index contributed by atoms with van der Waals surface area (Å²) in [4.78, 5) is 26.2. The molecule has 5 nitrogen and oxygen atoms in total. The van der Waals surface area contributed by atoms with Gasteiger partial charge in [0.1, 0.15) is 15.9 Å². The summed E-state index contributed by atoms with van der Waals surface area (Å²) in [5.74, 6) is 0.0179. The molecule has 0 saturated carbocycles. The minimum absolute atomic E-state index is 0.205. The Labute approximate surface area is 148 Å². The lowest BCUT2D eigenvalue weighted by atomic mass is 10.2. The van der Waals surface area contributed by atoms with Crippen LogP contribution < -0.4 is 10.1 Å². The Hall–Kier alpha value is -2.60. The number of hydrogen-bond donors (Lipinski definition) is 1. The van der Waals surface area contributed by atoms with Crippen LogP contribution in [0, 0.1) is 0 Å². The molecule has 1 heterocycles. The van der Waals surface area contributed by atoms with Gasteiger partial charge in [-0.25, -0.2) is 0 Å². The van der Waals surface area contributed by atoms with E-state index >= 15 is 0 Å². The average Bonchev–Trinajstić information content (AvgIpc) is 2.81. The summed E-state index contributed by atoms with van der Waals surface area (Å²) in [5, 5.41) is 3.01. The quantitative estimate of drug-likeness (QED) is 0.801. The Bertz CT molecular complexity index is 801. The van der Waals surface area contributed by atoms with Crippen molar-refractivity contribution in [3.63, 3.8) is 0 Å². The maximum Gasteiger partial charge on any atom is 0.278 e. The van der Waals surface area contributed by atoms with Crippen molar-refractivity contribution in [3.05, 3.63) is 70.3 Å². The zero-order valence-corrected chi connectivity index (χ0v) is 14.5. The number of amides is 2. The van der Waals surface area contributed by atoms with Gasteiger partial charge in [0.15, 0.2) is 0 Å². The molecule has 0 spiro atoms. The molecular formula is C18H15BrN2O3. The lowest BCUT2D eigenvalue weighted by molar-refractivity contribution is -0.137. The summed E-state index contributed by atoms with van der Waals surface area (Å²) in [6, 6.07) is 16.5. The van der Waals surface area contributed by atoms with Gasteiger partial charge in [-0.15, -0.1) is 0 Å². The maximum atomic E-state index is 12.6. The molecule has 0 saturated heterocycles. The monoisotopic (exact) mass is 386 g/mol. The third-order valence-corrected chi connectivity index (χ3v) is 4.39. The summed E-state index contributed by atoms with van der Waals surface area (Å²) in [7, 11) is 1.59. The second-order valence-electron chi connectivity index (χ2n) is 5.22. The summed E-state index contributed by atoms with van der Waals surface area (Å²) in [6.07, 6.45) is 0. The molecule has 0 radical (unpaired) electrons. The first-order valence-electron chi connectivity index (χ1n) is 7.31. The molecule has 0 aromatic heterocycles. The van der Waals surface area contributed by atoms with Crippen LogP contribution in [-0.2, 0) is 16.1 Å². The molecule has 0 unspecified atom stereocenters. The molecule has 3 rings (SSSR count). The van der Waals surface area contributed by atoms with Crippen LogP contribution in [0.2, 0.25) is 0 Å². The first kappa shape index (κ1) is 16.3. The van der Waals surface area contributed by atoms with Crippen molar-refractivity contribution < 1.29 is 14.3 Å². The zero-order chi connectivity index (χ0) is 17.1. The fourth-order valence-corrected chi connectivity index (χ4v) is 2.86. The van der Waals surface area contributed by atoms with Gasteiger partial charge in [0.25, 0.3) is 11.8 Å². The smallest absolute Gasteiger partial charge is 0.278 e. The molecule has 6 heteroatoms. The van der Waals surface area contributed by atoms with E-state index in [1.54, 1.807) is 19.2 Å². The highest BCUT2D eigenvalue weighted by Crippen LogP contribution is 2.28. The Kier molecular flexibility index (Phi) is 4.66. The lowest BCUT2D eigenvalue weighted by Gasteiger charge is -2.15. The third-order valence-electron chi connectivity index (χ3n) is 3.65. The molecule has 0 fully saturated rings. The fraction of sp³-hybridized carbons (Fsp3) is 0.111. The Morgan fingerprint density at radius 1 is 1.00 bits per heavy atom. The highest BCUT2D eigenvalue weighted by molar-refractivity contribution is 9.12. The van der Waals surface area contributed by atoms with Gasteiger partial charge < -0.3 is 10.1 Å². The Morgan fingerprint density at radius 2 is 1.67 bits per heavy atom. The number of carbonyl (C=O) groups is 2. The van der Waals surface area contributed by atoms with Crippen molar-refractivity contribution in [3.8, 4) is 5.75 Å². The van der Waals surface area contributed by atoms with Gasteiger partial charge in [0.2, 0.25) is 0 Å². The number of nitrogens with zero attached hydrogens (tertiary/aromatic N) is 1. The van der Waals surface area contributed by atoms with Crippen molar-refractivity contribution >= 4 is 33.4 Å². The summed E-state index contributed by atoms with van der Waals surface area (Å²) >= 11 is 3.23. The molecule has 122 valence electrons.